The molecule has 2 heterocycles. The molecular formula is C29H36N4O4S. The minimum atomic E-state index is -0.530. The van der Waals surface area contributed by atoms with Gasteiger partial charge in [-0.2, -0.15) is 4.98 Å². The molecule has 9 heteroatoms. The first-order valence-electron chi connectivity index (χ1n) is 13.0. The summed E-state index contributed by atoms with van der Waals surface area (Å²) in [6.45, 7) is 8.22. The second-order valence-corrected chi connectivity index (χ2v) is 10.4. The zero-order valence-corrected chi connectivity index (χ0v) is 23.5. The van der Waals surface area contributed by atoms with E-state index >= 15 is 0 Å². The van der Waals surface area contributed by atoms with E-state index in [9.17, 15) is 4.79 Å². The Labute approximate surface area is 228 Å². The zero-order valence-electron chi connectivity index (χ0n) is 22.7. The van der Waals surface area contributed by atoms with Gasteiger partial charge in [0.1, 0.15) is 6.04 Å². The van der Waals surface area contributed by atoms with Gasteiger partial charge in [-0.3, -0.25) is 0 Å². The molecule has 0 aliphatic carbocycles. The largest absolute Gasteiger partial charge is 0.493 e. The number of anilines is 1. The molecule has 0 spiro atoms. The fourth-order valence-electron chi connectivity index (χ4n) is 4.25. The van der Waals surface area contributed by atoms with Gasteiger partial charge >= 0.3 is 5.97 Å². The van der Waals surface area contributed by atoms with Crippen molar-refractivity contribution in [1.29, 1.82) is 0 Å². The third kappa shape index (κ3) is 6.51. The lowest BCUT2D eigenvalue weighted by molar-refractivity contribution is -0.143. The van der Waals surface area contributed by atoms with Gasteiger partial charge in [0.2, 0.25) is 11.1 Å². The number of ether oxygens (including phenoxy) is 3. The van der Waals surface area contributed by atoms with E-state index in [2.05, 4.69) is 24.4 Å². The molecule has 4 rings (SSSR count). The van der Waals surface area contributed by atoms with Crippen LogP contribution < -0.4 is 14.8 Å². The molecule has 2 aromatic carbocycles. The Morgan fingerprint density at radius 2 is 1.95 bits per heavy atom. The Morgan fingerprint density at radius 3 is 2.66 bits per heavy atom. The molecule has 1 aliphatic heterocycles. The van der Waals surface area contributed by atoms with Crippen molar-refractivity contribution in [2.24, 2.45) is 0 Å². The highest BCUT2D eigenvalue weighted by Gasteiger charge is 2.36. The van der Waals surface area contributed by atoms with Crippen LogP contribution in [0.4, 0.5) is 5.95 Å². The monoisotopic (exact) mass is 536 g/mol. The molecule has 1 unspecified atom stereocenters. The summed E-state index contributed by atoms with van der Waals surface area (Å²) in [4.78, 5) is 18.0. The topological polar surface area (TPSA) is 87.5 Å². The molecule has 0 bridgehead atoms. The van der Waals surface area contributed by atoms with Crippen molar-refractivity contribution < 1.29 is 19.0 Å². The summed E-state index contributed by atoms with van der Waals surface area (Å²) in [7, 11) is 1.62. The molecule has 202 valence electrons. The van der Waals surface area contributed by atoms with Gasteiger partial charge in [-0.1, -0.05) is 61.5 Å². The van der Waals surface area contributed by atoms with E-state index in [4.69, 9.17) is 24.3 Å². The standard InChI is InChI=1S/C29H36N4O4S/c1-6-7-17-38-29-31-28-30-20(4)25(27(34)37-19(2)3)26(33(28)32-29)22-13-14-23(24(18-22)35-5)36-16-15-21-11-9-8-10-12-21/h8-14,18-19,26H,6-7,15-17H2,1-5H3,(H,30,31,32). The number of unbranched alkanes of at least 4 members (excludes halogenated alkanes) is 1. The molecule has 38 heavy (non-hydrogen) atoms. The van der Waals surface area contributed by atoms with Crippen LogP contribution in [0, 0.1) is 0 Å². The van der Waals surface area contributed by atoms with E-state index in [0.29, 0.717) is 40.5 Å². The van der Waals surface area contributed by atoms with E-state index in [1.165, 1.54) is 5.56 Å². The summed E-state index contributed by atoms with van der Waals surface area (Å²) in [5.41, 5.74) is 3.21. The van der Waals surface area contributed by atoms with Crippen molar-refractivity contribution in [2.45, 2.75) is 64.3 Å². The summed E-state index contributed by atoms with van der Waals surface area (Å²) in [5, 5.41) is 8.71. The van der Waals surface area contributed by atoms with Crippen LogP contribution >= 0.6 is 11.8 Å². The van der Waals surface area contributed by atoms with Crippen molar-refractivity contribution in [3.05, 3.63) is 70.9 Å². The molecule has 1 aliphatic rings. The molecule has 0 saturated heterocycles. The lowest BCUT2D eigenvalue weighted by Crippen LogP contribution is -2.30. The number of allylic oxidation sites excluding steroid dienone is 1. The fourth-order valence-corrected chi connectivity index (χ4v) is 5.16. The van der Waals surface area contributed by atoms with Crippen LogP contribution in [0.25, 0.3) is 0 Å². The number of nitrogens with one attached hydrogen (secondary N) is 1. The van der Waals surface area contributed by atoms with Crippen LogP contribution in [0.2, 0.25) is 0 Å². The third-order valence-electron chi connectivity index (χ3n) is 6.12. The van der Waals surface area contributed by atoms with Gasteiger partial charge in [0, 0.05) is 17.9 Å². The number of carbonyl (C=O) groups is 1. The zero-order chi connectivity index (χ0) is 27.1. The van der Waals surface area contributed by atoms with Crippen molar-refractivity contribution in [3.63, 3.8) is 0 Å². The Hall–Kier alpha value is -3.46. The Morgan fingerprint density at radius 1 is 1.16 bits per heavy atom. The number of methoxy groups -OCH3 is 1. The maximum Gasteiger partial charge on any atom is 0.338 e. The average Bonchev–Trinajstić information content (AvgIpc) is 3.30. The molecule has 1 atom stereocenters. The van der Waals surface area contributed by atoms with Crippen LogP contribution in [-0.2, 0) is 16.0 Å². The highest BCUT2D eigenvalue weighted by atomic mass is 32.2. The lowest BCUT2D eigenvalue weighted by atomic mass is 9.95. The first-order valence-corrected chi connectivity index (χ1v) is 14.0. The lowest BCUT2D eigenvalue weighted by Gasteiger charge is -2.29. The van der Waals surface area contributed by atoms with E-state index in [1.54, 1.807) is 23.6 Å². The molecule has 0 radical (unpaired) electrons. The number of carbonyl (C=O) groups excluding carboxylic acids is 1. The summed E-state index contributed by atoms with van der Waals surface area (Å²) in [6, 6.07) is 15.4. The van der Waals surface area contributed by atoms with Crippen molar-refractivity contribution in [2.75, 3.05) is 24.8 Å². The Bertz CT molecular complexity index is 1270. The number of hydrogen-bond acceptors (Lipinski definition) is 8. The quantitative estimate of drug-likeness (QED) is 0.170. The van der Waals surface area contributed by atoms with E-state index in [1.807, 2.05) is 57.2 Å². The number of aromatic nitrogens is 3. The number of nitrogens with zero attached hydrogens (tertiary/aromatic N) is 3. The molecule has 3 aromatic rings. The third-order valence-corrected chi connectivity index (χ3v) is 7.04. The maximum atomic E-state index is 13.3. The molecule has 8 nitrogen and oxygen atoms in total. The Kier molecular flexibility index (Phi) is 9.33. The van der Waals surface area contributed by atoms with Gasteiger partial charge in [-0.05, 0) is 50.5 Å². The molecule has 0 amide bonds. The van der Waals surface area contributed by atoms with Gasteiger partial charge in [0.15, 0.2) is 11.5 Å². The van der Waals surface area contributed by atoms with Gasteiger partial charge < -0.3 is 19.5 Å². The second-order valence-electron chi connectivity index (χ2n) is 9.38. The van der Waals surface area contributed by atoms with Crippen molar-refractivity contribution in [3.8, 4) is 11.5 Å². The number of fused-ring (bicyclic) bond motifs is 1. The second kappa shape index (κ2) is 12.9. The van der Waals surface area contributed by atoms with E-state index < -0.39 is 12.0 Å². The van der Waals surface area contributed by atoms with Crippen molar-refractivity contribution in [1.82, 2.24) is 14.8 Å². The highest BCUT2D eigenvalue weighted by Crippen LogP contribution is 2.40. The molecular weight excluding hydrogens is 500 g/mol. The summed E-state index contributed by atoms with van der Waals surface area (Å²) in [5.74, 6) is 2.36. The smallest absolute Gasteiger partial charge is 0.338 e. The number of thioether (sulfide) groups is 1. The fraction of sp³-hybridized carbons (Fsp3) is 0.414. The van der Waals surface area contributed by atoms with Crippen LogP contribution in [0.1, 0.15) is 57.7 Å². The predicted molar refractivity (Wildman–Crippen MR) is 150 cm³/mol. The van der Waals surface area contributed by atoms with Crippen LogP contribution in [0.3, 0.4) is 0 Å². The summed E-state index contributed by atoms with van der Waals surface area (Å²) < 4.78 is 19.2. The minimum absolute atomic E-state index is 0.254. The van der Waals surface area contributed by atoms with Crippen LogP contribution in [0.5, 0.6) is 11.5 Å². The molecule has 1 N–H and O–H groups in total. The first kappa shape index (κ1) is 27.6. The van der Waals surface area contributed by atoms with Gasteiger partial charge in [-0.25, -0.2) is 9.48 Å². The van der Waals surface area contributed by atoms with Crippen LogP contribution in [0.15, 0.2) is 65.0 Å². The Balaban J connectivity index is 1.65. The summed E-state index contributed by atoms with van der Waals surface area (Å²) in [6.07, 6.45) is 2.72. The molecule has 0 saturated carbocycles. The predicted octanol–water partition coefficient (Wildman–Crippen LogP) is 6.04. The molecule has 0 fully saturated rings. The minimum Gasteiger partial charge on any atom is -0.493 e. The SMILES string of the molecule is CCCCSc1nc2n(n1)C(c1ccc(OCCc3ccccc3)c(OC)c1)C(C(=O)OC(C)C)=C(C)N2. The van der Waals surface area contributed by atoms with Gasteiger partial charge in [0.05, 0.1) is 25.4 Å². The number of esters is 1. The van der Waals surface area contributed by atoms with Gasteiger partial charge in [-0.15, -0.1) is 5.10 Å². The maximum absolute atomic E-state index is 13.3. The number of hydrogen-bond donors (Lipinski definition) is 1. The first-order chi connectivity index (χ1) is 18.4. The van der Waals surface area contributed by atoms with Crippen LogP contribution in [-0.4, -0.2) is 46.3 Å². The normalized spacial score (nSPS) is 14.7. The average molecular weight is 537 g/mol. The van der Waals surface area contributed by atoms with Crippen molar-refractivity contribution >= 4 is 23.7 Å². The number of rotatable bonds is 12. The summed E-state index contributed by atoms with van der Waals surface area (Å²) >= 11 is 1.61. The van der Waals surface area contributed by atoms with E-state index in [-0.39, 0.29) is 6.10 Å². The van der Waals surface area contributed by atoms with Gasteiger partial charge in [0.25, 0.3) is 0 Å². The van der Waals surface area contributed by atoms with E-state index in [0.717, 1.165) is 30.6 Å². The highest BCUT2D eigenvalue weighted by molar-refractivity contribution is 7.99. The number of benzene rings is 2. The molecule has 1 aromatic heterocycles.